The highest BCUT2D eigenvalue weighted by atomic mass is 32.2. The Morgan fingerprint density at radius 2 is 1.81 bits per heavy atom. The Hall–Kier alpha value is -1.49. The molecule has 1 saturated carbocycles. The number of benzene rings is 1. The molecule has 4 nitrogen and oxygen atoms in total. The number of amides is 2. The molecule has 1 aromatic rings. The summed E-state index contributed by atoms with van der Waals surface area (Å²) in [5.74, 6) is 1.98. The van der Waals surface area contributed by atoms with E-state index in [2.05, 4.69) is 18.2 Å². The van der Waals surface area contributed by atoms with Gasteiger partial charge in [-0.05, 0) is 55.1 Å². The number of thioether (sulfide) groups is 1. The lowest BCUT2D eigenvalue weighted by molar-refractivity contribution is -0.138. The molecule has 0 N–H and O–H groups in total. The molecule has 2 aliphatic heterocycles. The molecule has 0 spiro atoms. The smallest absolute Gasteiger partial charge is 0.227 e. The summed E-state index contributed by atoms with van der Waals surface area (Å²) in [7, 11) is 0. The highest BCUT2D eigenvalue weighted by Crippen LogP contribution is 2.31. The van der Waals surface area contributed by atoms with Crippen LogP contribution in [0.4, 0.5) is 0 Å². The quantitative estimate of drug-likeness (QED) is 0.818. The third-order valence-corrected chi connectivity index (χ3v) is 7.15. The van der Waals surface area contributed by atoms with Gasteiger partial charge in [-0.1, -0.05) is 18.6 Å². The lowest BCUT2D eigenvalue weighted by Crippen LogP contribution is -2.41. The van der Waals surface area contributed by atoms with Crippen molar-refractivity contribution in [3.63, 3.8) is 0 Å². The molecule has 140 valence electrons. The van der Waals surface area contributed by atoms with E-state index < -0.39 is 0 Å². The van der Waals surface area contributed by atoms with Crippen molar-refractivity contribution in [1.82, 2.24) is 9.80 Å². The molecule has 26 heavy (non-hydrogen) atoms. The summed E-state index contributed by atoms with van der Waals surface area (Å²) in [6.45, 7) is 2.95. The minimum atomic E-state index is 0.200. The van der Waals surface area contributed by atoms with Gasteiger partial charge in [-0.25, -0.2) is 0 Å². The van der Waals surface area contributed by atoms with Crippen molar-refractivity contribution in [3.05, 3.63) is 29.3 Å². The standard InChI is InChI=1S/C21H28N2O2S/c24-20(15-16-7-8-19-18(14-16)6-2-13-26-19)22-9-3-10-23(12-11-22)21(25)17-4-1-5-17/h7-8,14,17H,1-6,9-13,15H2. The molecule has 0 atom stereocenters. The number of aryl methyl sites for hydroxylation is 1. The number of fused-ring (bicyclic) bond motifs is 1. The van der Waals surface area contributed by atoms with Crippen LogP contribution in [0.3, 0.4) is 0 Å². The first kappa shape index (κ1) is 17.9. The van der Waals surface area contributed by atoms with Crippen molar-refractivity contribution in [1.29, 1.82) is 0 Å². The number of hydrogen-bond donors (Lipinski definition) is 0. The van der Waals surface area contributed by atoms with Gasteiger partial charge < -0.3 is 9.80 Å². The number of carbonyl (C=O) groups is 2. The van der Waals surface area contributed by atoms with Gasteiger partial charge in [-0.3, -0.25) is 9.59 Å². The lowest BCUT2D eigenvalue weighted by Gasteiger charge is -2.31. The van der Waals surface area contributed by atoms with Crippen molar-refractivity contribution >= 4 is 23.6 Å². The molecule has 0 bridgehead atoms. The van der Waals surface area contributed by atoms with Gasteiger partial charge in [0.1, 0.15) is 0 Å². The Labute approximate surface area is 160 Å². The minimum absolute atomic E-state index is 0.200. The van der Waals surface area contributed by atoms with Crippen molar-refractivity contribution < 1.29 is 9.59 Å². The van der Waals surface area contributed by atoms with Crippen LogP contribution in [0.1, 0.15) is 43.2 Å². The van der Waals surface area contributed by atoms with Gasteiger partial charge in [0.25, 0.3) is 0 Å². The zero-order chi connectivity index (χ0) is 17.9. The van der Waals surface area contributed by atoms with E-state index in [-0.39, 0.29) is 11.8 Å². The normalized spacial score (nSPS) is 20.9. The molecule has 2 amide bonds. The fraction of sp³-hybridized carbons (Fsp3) is 0.619. The Kier molecular flexibility index (Phi) is 5.53. The van der Waals surface area contributed by atoms with E-state index in [0.717, 1.165) is 44.3 Å². The van der Waals surface area contributed by atoms with Crippen LogP contribution >= 0.6 is 11.8 Å². The SMILES string of the molecule is O=C(Cc1ccc2c(c1)CCCS2)N1CCCN(C(=O)C2CCC2)CC1. The first-order valence-electron chi connectivity index (χ1n) is 10.0. The molecule has 1 saturated heterocycles. The highest BCUT2D eigenvalue weighted by molar-refractivity contribution is 7.99. The summed E-state index contributed by atoms with van der Waals surface area (Å²) < 4.78 is 0. The molecule has 3 aliphatic rings. The zero-order valence-corrected chi connectivity index (χ0v) is 16.2. The van der Waals surface area contributed by atoms with Crippen LogP contribution in [-0.4, -0.2) is 53.5 Å². The fourth-order valence-corrected chi connectivity index (χ4v) is 5.13. The Balaban J connectivity index is 1.34. The summed E-state index contributed by atoms with van der Waals surface area (Å²) in [5, 5.41) is 0. The maximum Gasteiger partial charge on any atom is 0.227 e. The molecule has 4 rings (SSSR count). The van der Waals surface area contributed by atoms with Crippen LogP contribution in [0.2, 0.25) is 0 Å². The molecule has 0 aromatic heterocycles. The molecule has 0 unspecified atom stereocenters. The summed E-state index contributed by atoms with van der Waals surface area (Å²) in [4.78, 5) is 30.6. The molecule has 5 heteroatoms. The molecule has 1 aromatic carbocycles. The van der Waals surface area contributed by atoms with E-state index in [9.17, 15) is 9.59 Å². The van der Waals surface area contributed by atoms with E-state index in [1.54, 1.807) is 0 Å². The van der Waals surface area contributed by atoms with E-state index in [0.29, 0.717) is 25.4 Å². The first-order chi connectivity index (χ1) is 12.7. The van der Waals surface area contributed by atoms with Crippen LogP contribution < -0.4 is 0 Å². The van der Waals surface area contributed by atoms with E-state index in [1.165, 1.54) is 29.1 Å². The van der Waals surface area contributed by atoms with E-state index in [1.807, 2.05) is 21.6 Å². The van der Waals surface area contributed by atoms with Gasteiger partial charge in [0.15, 0.2) is 0 Å². The molecule has 1 aliphatic carbocycles. The third-order valence-electron chi connectivity index (χ3n) is 5.94. The van der Waals surface area contributed by atoms with Gasteiger partial charge in [0, 0.05) is 37.0 Å². The number of hydrogen-bond acceptors (Lipinski definition) is 3. The maximum atomic E-state index is 12.8. The predicted octanol–water partition coefficient (Wildman–Crippen LogP) is 3.13. The van der Waals surface area contributed by atoms with Gasteiger partial charge in [-0.2, -0.15) is 0 Å². The van der Waals surface area contributed by atoms with Gasteiger partial charge in [0.2, 0.25) is 11.8 Å². The molecular formula is C21H28N2O2S. The number of nitrogens with zero attached hydrogens (tertiary/aromatic N) is 2. The van der Waals surface area contributed by atoms with Crippen LogP contribution in [-0.2, 0) is 22.4 Å². The second-order valence-electron chi connectivity index (χ2n) is 7.76. The summed E-state index contributed by atoms with van der Waals surface area (Å²) >= 11 is 1.93. The van der Waals surface area contributed by atoms with Gasteiger partial charge >= 0.3 is 0 Å². The molecule has 2 fully saturated rings. The number of carbonyl (C=O) groups excluding carboxylic acids is 2. The van der Waals surface area contributed by atoms with Crippen molar-refractivity contribution in [2.24, 2.45) is 5.92 Å². The van der Waals surface area contributed by atoms with Crippen LogP contribution in [0.25, 0.3) is 0 Å². The predicted molar refractivity (Wildman–Crippen MR) is 104 cm³/mol. The largest absolute Gasteiger partial charge is 0.341 e. The molecule has 0 radical (unpaired) electrons. The fourth-order valence-electron chi connectivity index (χ4n) is 4.11. The lowest BCUT2D eigenvalue weighted by atomic mass is 9.84. The average molecular weight is 373 g/mol. The third kappa shape index (κ3) is 3.93. The average Bonchev–Trinajstić information content (AvgIpc) is 2.86. The van der Waals surface area contributed by atoms with Gasteiger partial charge in [0.05, 0.1) is 6.42 Å². The summed E-state index contributed by atoms with van der Waals surface area (Å²) in [6, 6.07) is 6.52. The van der Waals surface area contributed by atoms with Crippen LogP contribution in [0, 0.1) is 5.92 Å². The number of rotatable bonds is 3. The Morgan fingerprint density at radius 3 is 2.62 bits per heavy atom. The van der Waals surface area contributed by atoms with Crippen molar-refractivity contribution in [3.8, 4) is 0 Å². The highest BCUT2D eigenvalue weighted by Gasteiger charge is 2.30. The zero-order valence-electron chi connectivity index (χ0n) is 15.4. The summed E-state index contributed by atoms with van der Waals surface area (Å²) in [5.41, 5.74) is 2.53. The summed E-state index contributed by atoms with van der Waals surface area (Å²) in [6.07, 6.45) is 7.02. The Morgan fingerprint density at radius 1 is 1.00 bits per heavy atom. The van der Waals surface area contributed by atoms with Crippen molar-refractivity contribution in [2.45, 2.75) is 49.8 Å². The maximum absolute atomic E-state index is 12.8. The second kappa shape index (κ2) is 8.03. The molecule has 2 heterocycles. The second-order valence-corrected chi connectivity index (χ2v) is 8.90. The minimum Gasteiger partial charge on any atom is -0.341 e. The first-order valence-corrected chi connectivity index (χ1v) is 11.0. The Bertz CT molecular complexity index is 687. The van der Waals surface area contributed by atoms with E-state index in [4.69, 9.17) is 0 Å². The monoisotopic (exact) mass is 372 g/mol. The molecular weight excluding hydrogens is 344 g/mol. The van der Waals surface area contributed by atoms with Crippen LogP contribution in [0.5, 0.6) is 0 Å². The van der Waals surface area contributed by atoms with Crippen LogP contribution in [0.15, 0.2) is 23.1 Å². The van der Waals surface area contributed by atoms with Crippen molar-refractivity contribution in [2.75, 3.05) is 31.9 Å². The van der Waals surface area contributed by atoms with E-state index >= 15 is 0 Å². The topological polar surface area (TPSA) is 40.6 Å². The van der Waals surface area contributed by atoms with Gasteiger partial charge in [-0.15, -0.1) is 11.8 Å².